The molecule has 0 aliphatic heterocycles. The molecule has 15 heavy (non-hydrogen) atoms. The molecule has 0 atom stereocenters. The first kappa shape index (κ1) is 14.6. The van der Waals surface area contributed by atoms with Crippen LogP contribution >= 0.6 is 0 Å². The Morgan fingerprint density at radius 3 is 1.80 bits per heavy atom. The van der Waals surface area contributed by atoms with E-state index < -0.39 is 0 Å². The number of ketones is 1. The standard InChI is InChI=1S/C13H26O2/c1-13(14)11-9-7-5-3-4-6-8-10-12-15-2/h3-12H2,1-2H3. The van der Waals surface area contributed by atoms with Crippen LogP contribution in [-0.4, -0.2) is 19.5 Å². The minimum Gasteiger partial charge on any atom is -0.385 e. The zero-order valence-electron chi connectivity index (χ0n) is 10.4. The lowest BCUT2D eigenvalue weighted by atomic mass is 10.1. The topological polar surface area (TPSA) is 26.3 Å². The summed E-state index contributed by atoms with van der Waals surface area (Å²) >= 11 is 0. The van der Waals surface area contributed by atoms with Crippen molar-refractivity contribution in [2.75, 3.05) is 13.7 Å². The number of methoxy groups -OCH3 is 1. The molecular weight excluding hydrogens is 188 g/mol. The second-order valence-corrected chi connectivity index (χ2v) is 4.27. The van der Waals surface area contributed by atoms with Crippen LogP contribution in [0, 0.1) is 0 Å². The second-order valence-electron chi connectivity index (χ2n) is 4.27. The maximum Gasteiger partial charge on any atom is 0.129 e. The Balaban J connectivity index is 2.89. The van der Waals surface area contributed by atoms with Crippen LogP contribution in [0.1, 0.15) is 64.7 Å². The van der Waals surface area contributed by atoms with Gasteiger partial charge in [0.1, 0.15) is 5.78 Å². The van der Waals surface area contributed by atoms with Gasteiger partial charge in [-0.3, -0.25) is 0 Å². The normalized spacial score (nSPS) is 10.5. The van der Waals surface area contributed by atoms with Gasteiger partial charge in [0.15, 0.2) is 0 Å². The van der Waals surface area contributed by atoms with Gasteiger partial charge in [-0.05, 0) is 19.8 Å². The van der Waals surface area contributed by atoms with Crippen molar-refractivity contribution < 1.29 is 9.53 Å². The summed E-state index contributed by atoms with van der Waals surface area (Å²) in [4.78, 5) is 10.7. The fourth-order valence-electron chi connectivity index (χ4n) is 1.68. The summed E-state index contributed by atoms with van der Waals surface area (Å²) in [5.41, 5.74) is 0. The van der Waals surface area contributed by atoms with Crippen molar-refractivity contribution in [1.82, 2.24) is 0 Å². The monoisotopic (exact) mass is 214 g/mol. The highest BCUT2D eigenvalue weighted by Gasteiger charge is 1.94. The molecule has 0 saturated heterocycles. The van der Waals surface area contributed by atoms with Crippen LogP contribution in [0.25, 0.3) is 0 Å². The third-order valence-electron chi connectivity index (χ3n) is 2.63. The summed E-state index contributed by atoms with van der Waals surface area (Å²) in [5.74, 6) is 0.328. The van der Waals surface area contributed by atoms with E-state index in [1.807, 2.05) is 0 Å². The highest BCUT2D eigenvalue weighted by Crippen LogP contribution is 2.09. The molecule has 0 unspecified atom stereocenters. The lowest BCUT2D eigenvalue weighted by Gasteiger charge is -2.01. The van der Waals surface area contributed by atoms with Gasteiger partial charge < -0.3 is 9.53 Å². The molecule has 0 aromatic heterocycles. The molecule has 90 valence electrons. The van der Waals surface area contributed by atoms with Crippen LogP contribution in [0.3, 0.4) is 0 Å². The molecule has 0 spiro atoms. The molecule has 0 aliphatic rings. The van der Waals surface area contributed by atoms with Crippen molar-refractivity contribution in [2.24, 2.45) is 0 Å². The van der Waals surface area contributed by atoms with Crippen molar-refractivity contribution in [2.45, 2.75) is 64.7 Å². The quantitative estimate of drug-likeness (QED) is 0.490. The fourth-order valence-corrected chi connectivity index (χ4v) is 1.68. The smallest absolute Gasteiger partial charge is 0.129 e. The summed E-state index contributed by atoms with van der Waals surface area (Å²) in [6, 6.07) is 0. The number of carbonyl (C=O) groups is 1. The minimum absolute atomic E-state index is 0.328. The van der Waals surface area contributed by atoms with E-state index in [0.29, 0.717) is 5.78 Å². The number of Topliss-reactive ketones (excluding diaryl/α,β-unsaturated/α-hetero) is 1. The zero-order chi connectivity index (χ0) is 11.4. The Labute approximate surface area is 94.4 Å². The molecule has 0 aliphatic carbocycles. The van der Waals surface area contributed by atoms with Crippen LogP contribution in [0.4, 0.5) is 0 Å². The Kier molecular flexibility index (Phi) is 11.4. The Morgan fingerprint density at radius 1 is 0.867 bits per heavy atom. The molecule has 2 nitrogen and oxygen atoms in total. The van der Waals surface area contributed by atoms with Crippen LogP contribution in [0.2, 0.25) is 0 Å². The predicted octanol–water partition coefficient (Wildman–Crippen LogP) is 3.73. The van der Waals surface area contributed by atoms with Crippen LogP contribution in [-0.2, 0) is 9.53 Å². The first-order chi connectivity index (χ1) is 7.27. The Bertz CT molecular complexity index is 143. The van der Waals surface area contributed by atoms with Crippen molar-refractivity contribution in [3.8, 4) is 0 Å². The molecule has 0 bridgehead atoms. The third-order valence-corrected chi connectivity index (χ3v) is 2.63. The van der Waals surface area contributed by atoms with Crippen molar-refractivity contribution >= 4 is 5.78 Å². The van der Waals surface area contributed by atoms with E-state index in [1.54, 1.807) is 14.0 Å². The van der Waals surface area contributed by atoms with Gasteiger partial charge in [-0.15, -0.1) is 0 Å². The second kappa shape index (κ2) is 11.7. The van der Waals surface area contributed by atoms with Crippen LogP contribution in [0.5, 0.6) is 0 Å². The van der Waals surface area contributed by atoms with Crippen molar-refractivity contribution in [3.05, 3.63) is 0 Å². The number of rotatable bonds is 11. The molecule has 0 heterocycles. The van der Waals surface area contributed by atoms with Gasteiger partial charge in [-0.25, -0.2) is 0 Å². The van der Waals surface area contributed by atoms with E-state index in [0.717, 1.165) is 19.4 Å². The first-order valence-corrected chi connectivity index (χ1v) is 6.25. The number of ether oxygens (including phenoxy) is 1. The lowest BCUT2D eigenvalue weighted by Crippen LogP contribution is -1.90. The molecule has 0 N–H and O–H groups in total. The average molecular weight is 214 g/mol. The number of unbranched alkanes of at least 4 members (excludes halogenated alkanes) is 7. The summed E-state index contributed by atoms with van der Waals surface area (Å²) in [6.45, 7) is 2.58. The Morgan fingerprint density at radius 2 is 1.33 bits per heavy atom. The summed E-state index contributed by atoms with van der Waals surface area (Å²) in [7, 11) is 1.76. The van der Waals surface area contributed by atoms with Gasteiger partial charge in [-0.1, -0.05) is 38.5 Å². The lowest BCUT2D eigenvalue weighted by molar-refractivity contribution is -0.117. The van der Waals surface area contributed by atoms with Gasteiger partial charge >= 0.3 is 0 Å². The van der Waals surface area contributed by atoms with Gasteiger partial charge in [0.25, 0.3) is 0 Å². The van der Waals surface area contributed by atoms with Gasteiger partial charge in [0.05, 0.1) is 0 Å². The summed E-state index contributed by atoms with van der Waals surface area (Å²) in [6.07, 6.45) is 10.8. The largest absolute Gasteiger partial charge is 0.385 e. The van der Waals surface area contributed by atoms with Gasteiger partial charge in [-0.2, -0.15) is 0 Å². The van der Waals surface area contributed by atoms with Crippen LogP contribution < -0.4 is 0 Å². The number of hydrogen-bond donors (Lipinski definition) is 0. The molecule has 0 radical (unpaired) electrons. The molecule has 0 saturated carbocycles. The molecule has 0 aromatic rings. The molecule has 2 heteroatoms. The van der Waals surface area contributed by atoms with Gasteiger partial charge in [0.2, 0.25) is 0 Å². The zero-order valence-corrected chi connectivity index (χ0v) is 10.4. The minimum atomic E-state index is 0.328. The predicted molar refractivity (Wildman–Crippen MR) is 64.1 cm³/mol. The maximum absolute atomic E-state index is 10.7. The van der Waals surface area contributed by atoms with Crippen LogP contribution in [0.15, 0.2) is 0 Å². The first-order valence-electron chi connectivity index (χ1n) is 6.25. The molecular formula is C13H26O2. The number of carbonyl (C=O) groups excluding carboxylic acids is 1. The van der Waals surface area contributed by atoms with E-state index in [-0.39, 0.29) is 0 Å². The highest BCUT2D eigenvalue weighted by atomic mass is 16.5. The van der Waals surface area contributed by atoms with Gasteiger partial charge in [0, 0.05) is 20.1 Å². The van der Waals surface area contributed by atoms with E-state index >= 15 is 0 Å². The maximum atomic E-state index is 10.7. The highest BCUT2D eigenvalue weighted by molar-refractivity contribution is 5.75. The SMILES string of the molecule is COCCCCCCCCCCC(C)=O. The van der Waals surface area contributed by atoms with E-state index in [4.69, 9.17) is 4.74 Å². The average Bonchev–Trinajstić information content (AvgIpc) is 2.20. The molecule has 0 aromatic carbocycles. The molecule has 0 fully saturated rings. The summed E-state index contributed by atoms with van der Waals surface area (Å²) < 4.78 is 4.99. The third kappa shape index (κ3) is 13.6. The van der Waals surface area contributed by atoms with Crippen molar-refractivity contribution in [1.29, 1.82) is 0 Å². The Hall–Kier alpha value is -0.370. The van der Waals surface area contributed by atoms with Crippen molar-refractivity contribution in [3.63, 3.8) is 0 Å². The molecule has 0 rings (SSSR count). The summed E-state index contributed by atoms with van der Waals surface area (Å²) in [5, 5.41) is 0. The van der Waals surface area contributed by atoms with E-state index in [9.17, 15) is 4.79 Å². The van der Waals surface area contributed by atoms with E-state index in [1.165, 1.54) is 44.9 Å². The molecule has 0 amide bonds. The number of hydrogen-bond acceptors (Lipinski definition) is 2. The van der Waals surface area contributed by atoms with E-state index in [2.05, 4.69) is 0 Å². The fraction of sp³-hybridized carbons (Fsp3) is 0.923.